The second kappa shape index (κ2) is 15.4. The highest BCUT2D eigenvalue weighted by molar-refractivity contribution is 5.89. The molecule has 10 aromatic rings. The maximum atomic E-state index is 6.56. The molecule has 2 aliphatic carbocycles. The number of para-hydroxylation sites is 1. The van der Waals surface area contributed by atoms with Crippen LogP contribution >= 0.6 is 0 Å². The van der Waals surface area contributed by atoms with Crippen LogP contribution in [0.4, 0.5) is 17.1 Å². The summed E-state index contributed by atoms with van der Waals surface area (Å²) < 4.78 is 6.56. The normalized spacial score (nSPS) is 14.8. The fraction of sp³-hybridized carbons (Fsp3) is 0.104. The van der Waals surface area contributed by atoms with Gasteiger partial charge in [-0.3, -0.25) is 0 Å². The predicted octanol–water partition coefficient (Wildman–Crippen LogP) is 17.6. The van der Waals surface area contributed by atoms with Crippen LogP contribution in [0, 0.1) is 0 Å². The zero-order valence-corrected chi connectivity index (χ0v) is 39.4. The molecule has 330 valence electrons. The summed E-state index contributed by atoms with van der Waals surface area (Å²) in [6.45, 7) is 9.30. The van der Waals surface area contributed by atoms with Gasteiger partial charge >= 0.3 is 0 Å². The molecule has 1 heterocycles. The lowest BCUT2D eigenvalue weighted by atomic mass is 9.67. The van der Waals surface area contributed by atoms with Crippen LogP contribution in [-0.4, -0.2) is 0 Å². The Morgan fingerprint density at radius 3 is 1.51 bits per heavy atom. The van der Waals surface area contributed by atoms with Gasteiger partial charge in [-0.25, -0.2) is 0 Å². The maximum Gasteiger partial charge on any atom is 0.132 e. The molecule has 0 aromatic heterocycles. The number of hydrogen-bond acceptors (Lipinski definition) is 2. The van der Waals surface area contributed by atoms with Crippen LogP contribution < -0.4 is 9.64 Å². The highest BCUT2D eigenvalue weighted by Gasteiger charge is 2.46. The Morgan fingerprint density at radius 2 is 0.783 bits per heavy atom. The molecule has 0 unspecified atom stereocenters. The molecule has 0 amide bonds. The lowest BCUT2D eigenvalue weighted by Crippen LogP contribution is -2.28. The van der Waals surface area contributed by atoms with E-state index >= 15 is 0 Å². The van der Waals surface area contributed by atoms with Gasteiger partial charge in [0.1, 0.15) is 11.5 Å². The third kappa shape index (κ3) is 6.18. The number of ether oxygens (including phenoxy) is 1. The molecule has 2 nitrogen and oxygen atoms in total. The van der Waals surface area contributed by atoms with Crippen molar-refractivity contribution >= 4 is 17.1 Å². The molecule has 1 aliphatic heterocycles. The number of rotatable bonds is 7. The van der Waals surface area contributed by atoms with E-state index in [1.807, 2.05) is 0 Å². The Bertz CT molecular complexity index is 3610. The summed E-state index contributed by atoms with van der Waals surface area (Å²) in [7, 11) is 0. The third-order valence-corrected chi connectivity index (χ3v) is 15.6. The lowest BCUT2D eigenvalue weighted by molar-refractivity contribution is 0.418. The van der Waals surface area contributed by atoms with Crippen molar-refractivity contribution in [3.63, 3.8) is 0 Å². The van der Waals surface area contributed by atoms with Crippen LogP contribution in [0.1, 0.15) is 72.2 Å². The van der Waals surface area contributed by atoms with Crippen molar-refractivity contribution in [2.24, 2.45) is 0 Å². The quantitative estimate of drug-likeness (QED) is 0.158. The van der Waals surface area contributed by atoms with E-state index in [0.29, 0.717) is 0 Å². The largest absolute Gasteiger partial charge is 0.457 e. The second-order valence-electron chi connectivity index (χ2n) is 20.1. The van der Waals surface area contributed by atoms with Crippen molar-refractivity contribution in [2.75, 3.05) is 4.90 Å². The molecule has 0 radical (unpaired) electrons. The maximum absolute atomic E-state index is 6.56. The van der Waals surface area contributed by atoms with Crippen molar-refractivity contribution < 1.29 is 4.74 Å². The van der Waals surface area contributed by atoms with E-state index < -0.39 is 5.41 Å². The molecule has 0 spiro atoms. The zero-order chi connectivity index (χ0) is 46.5. The summed E-state index contributed by atoms with van der Waals surface area (Å²) in [5.41, 5.74) is 22.6. The van der Waals surface area contributed by atoms with Crippen LogP contribution in [-0.2, 0) is 16.2 Å². The molecule has 3 aliphatic rings. The summed E-state index contributed by atoms with van der Waals surface area (Å²) in [6.07, 6.45) is 0. The minimum absolute atomic E-state index is 0.143. The van der Waals surface area contributed by atoms with Gasteiger partial charge in [0.2, 0.25) is 0 Å². The van der Waals surface area contributed by atoms with Crippen LogP contribution in [0.15, 0.2) is 237 Å². The number of benzene rings is 10. The summed E-state index contributed by atoms with van der Waals surface area (Å²) in [4.78, 5) is 2.43. The van der Waals surface area contributed by atoms with Gasteiger partial charge in [0.05, 0.1) is 5.41 Å². The average Bonchev–Trinajstić information content (AvgIpc) is 3.82. The Hall–Kier alpha value is -8.20. The smallest absolute Gasteiger partial charge is 0.132 e. The first-order valence-corrected chi connectivity index (χ1v) is 24.2. The lowest BCUT2D eigenvalue weighted by Gasteiger charge is -2.34. The molecule has 0 saturated carbocycles. The fourth-order valence-electron chi connectivity index (χ4n) is 12.2. The first kappa shape index (κ1) is 41.0. The van der Waals surface area contributed by atoms with Crippen molar-refractivity contribution in [3.8, 4) is 56.0 Å². The molecule has 13 rings (SSSR count). The monoisotopic (exact) mass is 885 g/mol. The summed E-state index contributed by atoms with van der Waals surface area (Å²) in [5, 5.41) is 0. The SMILES string of the molecule is CC1(C)c2ccccc2Oc2cc(-c3ccc(N(c4cccc(-c5cccc(C6(c7ccccc7)c7ccccc7-c7ccccc76)c5)c4)c4ccc5c(c4)C(C)(C)c4ccccc4-5)cc3)ccc21. The molecular weight excluding hydrogens is 835 g/mol. The first-order valence-electron chi connectivity index (χ1n) is 24.2. The van der Waals surface area contributed by atoms with Gasteiger partial charge in [0, 0.05) is 39.0 Å². The van der Waals surface area contributed by atoms with E-state index in [4.69, 9.17) is 4.74 Å². The third-order valence-electron chi connectivity index (χ3n) is 15.6. The number of nitrogens with zero attached hydrogens (tertiary/aromatic N) is 1. The Kier molecular flexibility index (Phi) is 9.17. The van der Waals surface area contributed by atoms with Crippen molar-refractivity contribution in [1.29, 1.82) is 0 Å². The van der Waals surface area contributed by atoms with E-state index in [1.165, 1.54) is 72.3 Å². The van der Waals surface area contributed by atoms with Gasteiger partial charge < -0.3 is 9.64 Å². The summed E-state index contributed by atoms with van der Waals surface area (Å²) in [6, 6.07) is 87.5. The van der Waals surface area contributed by atoms with Gasteiger partial charge in [-0.05, 0) is 132 Å². The predicted molar refractivity (Wildman–Crippen MR) is 286 cm³/mol. The van der Waals surface area contributed by atoms with Crippen molar-refractivity contribution in [2.45, 2.75) is 43.9 Å². The molecule has 0 saturated heterocycles. The summed E-state index contributed by atoms with van der Waals surface area (Å²) in [5.74, 6) is 1.85. The molecule has 0 fully saturated rings. The fourth-order valence-corrected chi connectivity index (χ4v) is 12.2. The van der Waals surface area contributed by atoms with E-state index in [2.05, 4.69) is 269 Å². The van der Waals surface area contributed by atoms with Crippen LogP contribution in [0.2, 0.25) is 0 Å². The Labute approximate surface area is 405 Å². The van der Waals surface area contributed by atoms with Gasteiger partial charge in [0.15, 0.2) is 0 Å². The summed E-state index contributed by atoms with van der Waals surface area (Å²) >= 11 is 0. The van der Waals surface area contributed by atoms with Crippen LogP contribution in [0.5, 0.6) is 11.5 Å². The van der Waals surface area contributed by atoms with Gasteiger partial charge in [-0.1, -0.05) is 210 Å². The minimum atomic E-state index is -0.477. The molecule has 0 bridgehead atoms. The minimum Gasteiger partial charge on any atom is -0.457 e. The van der Waals surface area contributed by atoms with Crippen LogP contribution in [0.3, 0.4) is 0 Å². The van der Waals surface area contributed by atoms with E-state index in [9.17, 15) is 0 Å². The van der Waals surface area contributed by atoms with Gasteiger partial charge in [-0.15, -0.1) is 0 Å². The van der Waals surface area contributed by atoms with Crippen LogP contribution in [0.25, 0.3) is 44.5 Å². The molecule has 10 aromatic carbocycles. The van der Waals surface area contributed by atoms with Crippen molar-refractivity contribution in [3.05, 3.63) is 281 Å². The highest BCUT2D eigenvalue weighted by atomic mass is 16.5. The van der Waals surface area contributed by atoms with Gasteiger partial charge in [0.25, 0.3) is 0 Å². The highest BCUT2D eigenvalue weighted by Crippen LogP contribution is 2.57. The zero-order valence-electron chi connectivity index (χ0n) is 39.4. The van der Waals surface area contributed by atoms with E-state index in [-0.39, 0.29) is 10.8 Å². The molecule has 69 heavy (non-hydrogen) atoms. The van der Waals surface area contributed by atoms with E-state index in [0.717, 1.165) is 45.3 Å². The topological polar surface area (TPSA) is 12.5 Å². The average molecular weight is 886 g/mol. The Morgan fingerprint density at radius 1 is 0.290 bits per heavy atom. The number of fused-ring (bicyclic) bond motifs is 8. The second-order valence-corrected chi connectivity index (χ2v) is 20.1. The standard InChI is InChI=1S/C67H51NO/c1-65(2)57-27-11-8-24-53(57)56-38-37-52(43-62(56)65)68(50-35-32-44(33-36-50)47-34-39-61-64(42-47)69-63-31-15-14-30-60(63)66(61,3)4)51-23-17-19-46(41-51)45-18-16-22-49(40-45)67(48-20-6-5-7-21-48)58-28-12-9-25-54(58)55-26-10-13-29-59(55)67/h5-43H,1-4H3. The Balaban J connectivity index is 0.931. The van der Waals surface area contributed by atoms with E-state index in [1.54, 1.807) is 0 Å². The number of anilines is 3. The number of hydrogen-bond donors (Lipinski definition) is 0. The van der Waals surface area contributed by atoms with Gasteiger partial charge in [-0.2, -0.15) is 0 Å². The molecular formula is C67H51NO. The molecule has 0 atom stereocenters. The van der Waals surface area contributed by atoms with Crippen molar-refractivity contribution in [1.82, 2.24) is 0 Å². The first-order chi connectivity index (χ1) is 33.7. The molecule has 2 heteroatoms. The molecule has 0 N–H and O–H groups in total.